The van der Waals surface area contributed by atoms with Crippen LogP contribution in [0, 0.1) is 5.41 Å². The Hall–Kier alpha value is -0.870. The first kappa shape index (κ1) is 14.2. The van der Waals surface area contributed by atoms with Crippen LogP contribution in [0.4, 0.5) is 0 Å². The van der Waals surface area contributed by atoms with E-state index in [9.17, 15) is 4.79 Å². The summed E-state index contributed by atoms with van der Waals surface area (Å²) in [5.74, 6) is 0.183. The highest BCUT2D eigenvalue weighted by molar-refractivity contribution is 5.82. The summed E-state index contributed by atoms with van der Waals surface area (Å²) >= 11 is 0. The number of amides is 1. The molecular formula is C13H25N3O. The van der Waals surface area contributed by atoms with E-state index >= 15 is 0 Å². The Morgan fingerprint density at radius 3 is 2.71 bits per heavy atom. The zero-order chi connectivity index (χ0) is 13.1. The molecule has 0 radical (unpaired) electrons. The van der Waals surface area contributed by atoms with Crippen LogP contribution < -0.4 is 5.73 Å². The van der Waals surface area contributed by atoms with Crippen LogP contribution in [0.5, 0.6) is 0 Å². The summed E-state index contributed by atoms with van der Waals surface area (Å²) in [5, 5.41) is 0. The van der Waals surface area contributed by atoms with Crippen LogP contribution in [0.3, 0.4) is 0 Å². The molecule has 0 aromatic carbocycles. The van der Waals surface area contributed by atoms with E-state index < -0.39 is 0 Å². The van der Waals surface area contributed by atoms with Gasteiger partial charge in [-0.3, -0.25) is 9.69 Å². The minimum atomic E-state index is -0.0928. The predicted molar refractivity (Wildman–Crippen MR) is 70.6 cm³/mol. The van der Waals surface area contributed by atoms with Crippen LogP contribution in [0.15, 0.2) is 12.7 Å². The van der Waals surface area contributed by atoms with Gasteiger partial charge in [-0.25, -0.2) is 0 Å². The van der Waals surface area contributed by atoms with E-state index in [0.717, 1.165) is 19.6 Å². The van der Waals surface area contributed by atoms with Crippen molar-refractivity contribution in [2.24, 2.45) is 11.1 Å². The first-order chi connectivity index (χ1) is 7.91. The lowest BCUT2D eigenvalue weighted by molar-refractivity contribution is -0.134. The highest BCUT2D eigenvalue weighted by Gasteiger charge is 2.36. The highest BCUT2D eigenvalue weighted by Crippen LogP contribution is 2.25. The Morgan fingerprint density at radius 1 is 1.53 bits per heavy atom. The van der Waals surface area contributed by atoms with E-state index in [2.05, 4.69) is 25.3 Å². The van der Waals surface area contributed by atoms with Gasteiger partial charge in [0.1, 0.15) is 0 Å². The molecule has 1 aliphatic heterocycles. The molecule has 4 nitrogen and oxygen atoms in total. The fourth-order valence-corrected chi connectivity index (χ4v) is 2.66. The number of hydrogen-bond acceptors (Lipinski definition) is 3. The van der Waals surface area contributed by atoms with Crippen molar-refractivity contribution in [3.63, 3.8) is 0 Å². The second kappa shape index (κ2) is 5.65. The van der Waals surface area contributed by atoms with Gasteiger partial charge in [-0.05, 0) is 18.4 Å². The van der Waals surface area contributed by atoms with Crippen LogP contribution in [-0.2, 0) is 4.79 Å². The molecule has 98 valence electrons. The van der Waals surface area contributed by atoms with Crippen LogP contribution in [0.1, 0.15) is 20.3 Å². The monoisotopic (exact) mass is 239 g/mol. The summed E-state index contributed by atoms with van der Waals surface area (Å²) in [6, 6.07) is -0.0928. The van der Waals surface area contributed by atoms with Gasteiger partial charge in [0.2, 0.25) is 5.91 Å². The molecule has 1 unspecified atom stereocenters. The smallest absolute Gasteiger partial charge is 0.239 e. The largest absolute Gasteiger partial charge is 0.344 e. The lowest BCUT2D eigenvalue weighted by Crippen LogP contribution is -2.46. The van der Waals surface area contributed by atoms with Crippen molar-refractivity contribution in [3.05, 3.63) is 12.7 Å². The van der Waals surface area contributed by atoms with Crippen molar-refractivity contribution in [1.82, 2.24) is 9.80 Å². The number of carbonyl (C=O) groups excluding carboxylic acids is 1. The number of carbonyl (C=O) groups is 1. The van der Waals surface area contributed by atoms with Gasteiger partial charge in [-0.2, -0.15) is 0 Å². The minimum absolute atomic E-state index is 0.0928. The molecule has 0 aromatic heterocycles. The topological polar surface area (TPSA) is 49.6 Å². The number of hydrogen-bond donors (Lipinski definition) is 1. The number of likely N-dealkylation sites (N-methyl/N-ethyl adjacent to an activating group) is 1. The van der Waals surface area contributed by atoms with Crippen LogP contribution in [0.25, 0.3) is 0 Å². The molecule has 0 bridgehead atoms. The van der Waals surface area contributed by atoms with Crippen molar-refractivity contribution in [3.8, 4) is 0 Å². The van der Waals surface area contributed by atoms with Gasteiger partial charge >= 0.3 is 0 Å². The van der Waals surface area contributed by atoms with E-state index in [1.807, 2.05) is 18.0 Å². The fraction of sp³-hybridized carbons (Fsp3) is 0.769. The second-order valence-electron chi connectivity index (χ2n) is 5.67. The standard InChI is InChI=1S/C13H25N3O/c1-5-8-16-10-13(2,3)9-15(4)12(17)11(16)6-7-14/h5,11H,1,6-10,14H2,2-4H3. The van der Waals surface area contributed by atoms with E-state index in [1.165, 1.54) is 0 Å². The minimum Gasteiger partial charge on any atom is -0.344 e. The maximum absolute atomic E-state index is 12.3. The Labute approximate surface area is 104 Å². The summed E-state index contributed by atoms with van der Waals surface area (Å²) in [5.41, 5.74) is 5.73. The molecule has 1 rings (SSSR count). The van der Waals surface area contributed by atoms with Crippen molar-refractivity contribution >= 4 is 5.91 Å². The van der Waals surface area contributed by atoms with E-state index in [-0.39, 0.29) is 17.4 Å². The van der Waals surface area contributed by atoms with Crippen LogP contribution in [0.2, 0.25) is 0 Å². The normalized spacial score (nSPS) is 25.8. The SMILES string of the molecule is C=CCN1CC(C)(C)CN(C)C(=O)C1CCN. The van der Waals surface area contributed by atoms with Gasteiger partial charge in [0.05, 0.1) is 6.04 Å². The molecule has 1 amide bonds. The Bertz CT molecular complexity index is 288. The molecule has 1 saturated heterocycles. The molecule has 1 aliphatic rings. The number of nitrogens with two attached hydrogens (primary N) is 1. The zero-order valence-corrected chi connectivity index (χ0v) is 11.3. The molecular weight excluding hydrogens is 214 g/mol. The fourth-order valence-electron chi connectivity index (χ4n) is 2.66. The molecule has 1 fully saturated rings. The average molecular weight is 239 g/mol. The van der Waals surface area contributed by atoms with Crippen molar-refractivity contribution in [2.75, 3.05) is 33.2 Å². The van der Waals surface area contributed by atoms with Crippen LogP contribution in [-0.4, -0.2) is 55.0 Å². The summed E-state index contributed by atoms with van der Waals surface area (Å²) < 4.78 is 0. The third kappa shape index (κ3) is 3.54. The Balaban J connectivity index is 2.95. The van der Waals surface area contributed by atoms with Gasteiger partial charge in [0.15, 0.2) is 0 Å². The molecule has 0 saturated carbocycles. The van der Waals surface area contributed by atoms with Crippen molar-refractivity contribution < 1.29 is 4.79 Å². The summed E-state index contributed by atoms with van der Waals surface area (Å²) in [4.78, 5) is 16.3. The molecule has 4 heteroatoms. The van der Waals surface area contributed by atoms with Gasteiger partial charge in [0.25, 0.3) is 0 Å². The molecule has 0 aliphatic carbocycles. The van der Waals surface area contributed by atoms with Gasteiger partial charge < -0.3 is 10.6 Å². The highest BCUT2D eigenvalue weighted by atomic mass is 16.2. The first-order valence-electron chi connectivity index (χ1n) is 6.21. The van der Waals surface area contributed by atoms with Gasteiger partial charge in [-0.1, -0.05) is 19.9 Å². The second-order valence-corrected chi connectivity index (χ2v) is 5.67. The molecule has 0 aromatic rings. The Morgan fingerprint density at radius 2 is 2.18 bits per heavy atom. The van der Waals surface area contributed by atoms with Crippen molar-refractivity contribution in [1.29, 1.82) is 0 Å². The molecule has 17 heavy (non-hydrogen) atoms. The van der Waals surface area contributed by atoms with E-state index in [0.29, 0.717) is 13.0 Å². The quantitative estimate of drug-likeness (QED) is 0.734. The first-order valence-corrected chi connectivity index (χ1v) is 6.21. The summed E-state index contributed by atoms with van der Waals surface area (Å²) in [7, 11) is 1.88. The molecule has 1 atom stereocenters. The maximum atomic E-state index is 12.3. The molecule has 2 N–H and O–H groups in total. The molecule has 0 spiro atoms. The predicted octanol–water partition coefficient (Wildman–Crippen LogP) is 0.690. The zero-order valence-electron chi connectivity index (χ0n) is 11.3. The third-order valence-electron chi connectivity index (χ3n) is 3.20. The van der Waals surface area contributed by atoms with Gasteiger partial charge in [-0.15, -0.1) is 6.58 Å². The maximum Gasteiger partial charge on any atom is 0.239 e. The third-order valence-corrected chi connectivity index (χ3v) is 3.20. The Kier molecular flexibility index (Phi) is 4.71. The number of rotatable bonds is 4. The van der Waals surface area contributed by atoms with Crippen molar-refractivity contribution in [2.45, 2.75) is 26.3 Å². The number of nitrogens with zero attached hydrogens (tertiary/aromatic N) is 2. The lowest BCUT2D eigenvalue weighted by atomic mass is 9.92. The summed E-state index contributed by atoms with van der Waals surface area (Å²) in [6.07, 6.45) is 2.57. The summed E-state index contributed by atoms with van der Waals surface area (Å²) in [6.45, 7) is 11.1. The van der Waals surface area contributed by atoms with Gasteiger partial charge in [0, 0.05) is 26.7 Å². The van der Waals surface area contributed by atoms with Crippen LogP contribution >= 0.6 is 0 Å². The lowest BCUT2D eigenvalue weighted by Gasteiger charge is -2.31. The van der Waals surface area contributed by atoms with E-state index in [4.69, 9.17) is 5.73 Å². The van der Waals surface area contributed by atoms with E-state index in [1.54, 1.807) is 0 Å². The average Bonchev–Trinajstić information content (AvgIpc) is 2.29. The molecule has 1 heterocycles.